The lowest BCUT2D eigenvalue weighted by atomic mass is 10.0. The normalized spacial score (nSPS) is 27.1. The Morgan fingerprint density at radius 1 is 1.11 bits per heavy atom. The molecule has 2 rings (SSSR count). The minimum atomic E-state index is 0.137. The van der Waals surface area contributed by atoms with Crippen LogP contribution in [0.1, 0.15) is 33.1 Å². The highest BCUT2D eigenvalue weighted by Crippen LogP contribution is 2.16. The molecule has 4 heteroatoms. The zero-order valence-corrected chi connectivity index (χ0v) is 12.0. The average molecular weight is 253 g/mol. The van der Waals surface area contributed by atoms with E-state index in [1.807, 2.05) is 18.7 Å². The number of likely N-dealkylation sites (N-methyl/N-ethyl adjacent to an activating group) is 1. The first-order valence-corrected chi connectivity index (χ1v) is 7.29. The molecule has 0 bridgehead atoms. The number of rotatable bonds is 3. The summed E-state index contributed by atoms with van der Waals surface area (Å²) in [5.74, 6) is 0.451. The SMILES string of the molecule is CC(C)C(=O)N1CCC(NC2CCN(C)C2)CC1. The van der Waals surface area contributed by atoms with Crippen LogP contribution in [0.15, 0.2) is 0 Å². The molecule has 4 nitrogen and oxygen atoms in total. The molecule has 0 aromatic heterocycles. The Hall–Kier alpha value is -0.610. The third-order valence-corrected chi connectivity index (χ3v) is 4.16. The van der Waals surface area contributed by atoms with Gasteiger partial charge in [0.25, 0.3) is 0 Å². The van der Waals surface area contributed by atoms with Gasteiger partial charge in [-0.3, -0.25) is 4.79 Å². The molecule has 2 aliphatic rings. The number of nitrogens with zero attached hydrogens (tertiary/aromatic N) is 2. The molecule has 2 saturated heterocycles. The van der Waals surface area contributed by atoms with Crippen LogP contribution < -0.4 is 5.32 Å². The van der Waals surface area contributed by atoms with E-state index >= 15 is 0 Å². The van der Waals surface area contributed by atoms with Crippen molar-refractivity contribution in [3.05, 3.63) is 0 Å². The molecule has 1 atom stereocenters. The van der Waals surface area contributed by atoms with Crippen LogP contribution in [0.25, 0.3) is 0 Å². The van der Waals surface area contributed by atoms with Gasteiger partial charge in [0, 0.05) is 37.6 Å². The molecule has 2 fully saturated rings. The van der Waals surface area contributed by atoms with Gasteiger partial charge in [-0.05, 0) is 32.9 Å². The molecule has 0 aliphatic carbocycles. The lowest BCUT2D eigenvalue weighted by Crippen LogP contribution is -2.49. The van der Waals surface area contributed by atoms with Crippen LogP contribution in [0.5, 0.6) is 0 Å². The average Bonchev–Trinajstić information content (AvgIpc) is 2.75. The van der Waals surface area contributed by atoms with Crippen molar-refractivity contribution < 1.29 is 4.79 Å². The highest BCUT2D eigenvalue weighted by atomic mass is 16.2. The van der Waals surface area contributed by atoms with Gasteiger partial charge in [0.05, 0.1) is 0 Å². The van der Waals surface area contributed by atoms with E-state index in [2.05, 4.69) is 17.3 Å². The predicted molar refractivity (Wildman–Crippen MR) is 73.5 cm³/mol. The highest BCUT2D eigenvalue weighted by molar-refractivity contribution is 5.78. The zero-order chi connectivity index (χ0) is 13.1. The van der Waals surface area contributed by atoms with Crippen molar-refractivity contribution >= 4 is 5.91 Å². The van der Waals surface area contributed by atoms with E-state index in [-0.39, 0.29) is 5.92 Å². The van der Waals surface area contributed by atoms with Crippen molar-refractivity contribution in [1.29, 1.82) is 0 Å². The molecule has 1 unspecified atom stereocenters. The van der Waals surface area contributed by atoms with Gasteiger partial charge >= 0.3 is 0 Å². The Morgan fingerprint density at radius 3 is 2.22 bits per heavy atom. The number of carbonyl (C=O) groups excluding carboxylic acids is 1. The molecule has 1 amide bonds. The fourth-order valence-electron chi connectivity index (χ4n) is 3.04. The van der Waals surface area contributed by atoms with Gasteiger partial charge in [0.1, 0.15) is 0 Å². The molecule has 0 aromatic carbocycles. The second kappa shape index (κ2) is 6.02. The molecule has 0 aromatic rings. The summed E-state index contributed by atoms with van der Waals surface area (Å²) in [6.07, 6.45) is 3.49. The molecule has 0 spiro atoms. The molecule has 104 valence electrons. The van der Waals surface area contributed by atoms with Crippen molar-refractivity contribution in [2.45, 2.75) is 45.2 Å². The number of carbonyl (C=O) groups is 1. The summed E-state index contributed by atoms with van der Waals surface area (Å²) >= 11 is 0. The Balaban J connectivity index is 1.72. The standard InChI is InChI=1S/C14H27N3O/c1-11(2)14(18)17-8-5-12(6-9-17)15-13-4-7-16(3)10-13/h11-13,15H,4-10H2,1-3H3. The quantitative estimate of drug-likeness (QED) is 0.812. The topological polar surface area (TPSA) is 35.6 Å². The Morgan fingerprint density at radius 2 is 1.72 bits per heavy atom. The van der Waals surface area contributed by atoms with E-state index in [0.29, 0.717) is 18.0 Å². The second-order valence-electron chi connectivity index (χ2n) is 6.17. The van der Waals surface area contributed by atoms with Gasteiger partial charge < -0.3 is 15.1 Å². The van der Waals surface area contributed by atoms with Gasteiger partial charge in [0.15, 0.2) is 0 Å². The summed E-state index contributed by atoms with van der Waals surface area (Å²) in [5, 5.41) is 3.76. The van der Waals surface area contributed by atoms with Gasteiger partial charge in [-0.25, -0.2) is 0 Å². The number of hydrogen-bond acceptors (Lipinski definition) is 3. The van der Waals surface area contributed by atoms with Crippen LogP contribution in [0, 0.1) is 5.92 Å². The first-order valence-electron chi connectivity index (χ1n) is 7.29. The number of likely N-dealkylation sites (tertiary alicyclic amines) is 2. The minimum absolute atomic E-state index is 0.137. The number of amides is 1. The van der Waals surface area contributed by atoms with Crippen molar-refractivity contribution in [3.8, 4) is 0 Å². The smallest absolute Gasteiger partial charge is 0.225 e. The third-order valence-electron chi connectivity index (χ3n) is 4.16. The molecule has 0 saturated carbocycles. The molecular weight excluding hydrogens is 226 g/mol. The Bertz CT molecular complexity index is 285. The number of hydrogen-bond donors (Lipinski definition) is 1. The van der Waals surface area contributed by atoms with Gasteiger partial charge in [-0.1, -0.05) is 13.8 Å². The van der Waals surface area contributed by atoms with E-state index in [9.17, 15) is 4.79 Å². The van der Waals surface area contributed by atoms with Crippen LogP contribution in [0.2, 0.25) is 0 Å². The second-order valence-corrected chi connectivity index (χ2v) is 6.17. The fraction of sp³-hybridized carbons (Fsp3) is 0.929. The zero-order valence-electron chi connectivity index (χ0n) is 12.0. The maximum atomic E-state index is 11.9. The summed E-state index contributed by atoms with van der Waals surface area (Å²) in [6, 6.07) is 1.27. The van der Waals surface area contributed by atoms with Crippen LogP contribution in [0.3, 0.4) is 0 Å². The summed E-state index contributed by atoms with van der Waals surface area (Å²) in [6.45, 7) is 8.21. The first-order chi connectivity index (χ1) is 8.56. The Kier molecular flexibility index (Phi) is 4.62. The van der Waals surface area contributed by atoms with Crippen molar-refractivity contribution in [3.63, 3.8) is 0 Å². The molecule has 2 aliphatic heterocycles. The summed E-state index contributed by atoms with van der Waals surface area (Å²) in [5.41, 5.74) is 0. The minimum Gasteiger partial charge on any atom is -0.342 e. The van der Waals surface area contributed by atoms with E-state index in [4.69, 9.17) is 0 Å². The summed E-state index contributed by atoms with van der Waals surface area (Å²) < 4.78 is 0. The van der Waals surface area contributed by atoms with Gasteiger partial charge in [-0.2, -0.15) is 0 Å². The van der Waals surface area contributed by atoms with E-state index in [0.717, 1.165) is 25.9 Å². The van der Waals surface area contributed by atoms with Crippen molar-refractivity contribution in [2.75, 3.05) is 33.2 Å². The molecule has 0 radical (unpaired) electrons. The first kappa shape index (κ1) is 13.8. The number of nitrogens with one attached hydrogen (secondary N) is 1. The lowest BCUT2D eigenvalue weighted by molar-refractivity contribution is -0.135. The van der Waals surface area contributed by atoms with Crippen LogP contribution in [-0.2, 0) is 4.79 Å². The summed E-state index contributed by atoms with van der Waals surface area (Å²) in [7, 11) is 2.19. The maximum Gasteiger partial charge on any atom is 0.225 e. The number of piperidine rings is 1. The highest BCUT2D eigenvalue weighted by Gasteiger charge is 2.27. The van der Waals surface area contributed by atoms with Crippen molar-refractivity contribution in [1.82, 2.24) is 15.1 Å². The van der Waals surface area contributed by atoms with Crippen LogP contribution >= 0.6 is 0 Å². The molecule has 2 heterocycles. The maximum absolute atomic E-state index is 11.9. The Labute approximate surface area is 111 Å². The van der Waals surface area contributed by atoms with Crippen LogP contribution in [-0.4, -0.2) is 61.0 Å². The van der Waals surface area contributed by atoms with Crippen LogP contribution in [0.4, 0.5) is 0 Å². The predicted octanol–water partition coefficient (Wildman–Crippen LogP) is 0.927. The molecule has 1 N–H and O–H groups in total. The van der Waals surface area contributed by atoms with Crippen molar-refractivity contribution in [2.24, 2.45) is 5.92 Å². The molecular formula is C14H27N3O. The molecule has 18 heavy (non-hydrogen) atoms. The third kappa shape index (κ3) is 3.45. The van der Waals surface area contributed by atoms with E-state index in [1.165, 1.54) is 19.5 Å². The fourth-order valence-corrected chi connectivity index (χ4v) is 3.04. The van der Waals surface area contributed by atoms with Gasteiger partial charge in [0.2, 0.25) is 5.91 Å². The largest absolute Gasteiger partial charge is 0.342 e. The van der Waals surface area contributed by atoms with E-state index < -0.39 is 0 Å². The summed E-state index contributed by atoms with van der Waals surface area (Å²) in [4.78, 5) is 16.3. The lowest BCUT2D eigenvalue weighted by Gasteiger charge is -2.34. The van der Waals surface area contributed by atoms with E-state index in [1.54, 1.807) is 0 Å². The monoisotopic (exact) mass is 253 g/mol. The van der Waals surface area contributed by atoms with Gasteiger partial charge in [-0.15, -0.1) is 0 Å².